The molecule has 2 rings (SSSR count). The van der Waals surface area contributed by atoms with Crippen molar-refractivity contribution in [2.24, 2.45) is 0 Å². The van der Waals surface area contributed by atoms with E-state index in [1.807, 2.05) is 62.4 Å². The van der Waals surface area contributed by atoms with E-state index < -0.39 is 5.97 Å². The van der Waals surface area contributed by atoms with Crippen LogP contribution in [0.15, 0.2) is 54.6 Å². The molecule has 1 amide bonds. The summed E-state index contributed by atoms with van der Waals surface area (Å²) in [4.78, 5) is 23.4. The zero-order valence-electron chi connectivity index (χ0n) is 14.6. The molecule has 130 valence electrons. The second-order valence-electron chi connectivity index (χ2n) is 5.82. The highest BCUT2D eigenvalue weighted by molar-refractivity contribution is 5.89. The molecule has 0 atom stereocenters. The van der Waals surface area contributed by atoms with Crippen molar-refractivity contribution >= 4 is 18.0 Å². The van der Waals surface area contributed by atoms with Crippen molar-refractivity contribution in [3.8, 4) is 0 Å². The van der Waals surface area contributed by atoms with Gasteiger partial charge in [0.1, 0.15) is 0 Å². The van der Waals surface area contributed by atoms with Gasteiger partial charge in [-0.3, -0.25) is 4.79 Å². The molecule has 25 heavy (non-hydrogen) atoms. The predicted molar refractivity (Wildman–Crippen MR) is 99.1 cm³/mol. The lowest BCUT2D eigenvalue weighted by Gasteiger charge is -2.07. The highest BCUT2D eigenvalue weighted by Crippen LogP contribution is 2.09. The van der Waals surface area contributed by atoms with Gasteiger partial charge in [0.2, 0.25) is 0 Å². The van der Waals surface area contributed by atoms with Crippen LogP contribution in [-0.4, -0.2) is 25.0 Å². The Morgan fingerprint density at radius 2 is 1.68 bits per heavy atom. The topological polar surface area (TPSA) is 55.4 Å². The third-order valence-electron chi connectivity index (χ3n) is 3.91. The van der Waals surface area contributed by atoms with Crippen molar-refractivity contribution in [2.75, 3.05) is 13.2 Å². The second kappa shape index (κ2) is 9.42. The number of nitrogens with one attached hydrogen (secondary N) is 1. The van der Waals surface area contributed by atoms with Crippen LogP contribution in [0.2, 0.25) is 0 Å². The average molecular weight is 337 g/mol. The molecule has 0 aliphatic rings. The molecule has 0 aliphatic carbocycles. The maximum atomic E-state index is 11.7. The predicted octanol–water partition coefficient (Wildman–Crippen LogP) is 3.22. The normalized spacial score (nSPS) is 10.6. The van der Waals surface area contributed by atoms with E-state index in [1.165, 1.54) is 17.2 Å². The molecule has 0 aromatic heterocycles. The Bertz CT molecular complexity index is 765. The molecule has 0 aliphatic heterocycles. The third-order valence-corrected chi connectivity index (χ3v) is 3.91. The van der Waals surface area contributed by atoms with E-state index in [1.54, 1.807) is 6.08 Å². The van der Waals surface area contributed by atoms with Gasteiger partial charge in [0.05, 0.1) is 0 Å². The summed E-state index contributed by atoms with van der Waals surface area (Å²) in [7, 11) is 0. The van der Waals surface area contributed by atoms with E-state index in [4.69, 9.17) is 4.74 Å². The number of hydrogen-bond acceptors (Lipinski definition) is 3. The van der Waals surface area contributed by atoms with E-state index in [2.05, 4.69) is 5.32 Å². The Kier molecular flexibility index (Phi) is 6.96. The summed E-state index contributed by atoms with van der Waals surface area (Å²) >= 11 is 0. The van der Waals surface area contributed by atoms with Gasteiger partial charge in [-0.25, -0.2) is 4.79 Å². The van der Waals surface area contributed by atoms with Crippen LogP contribution in [0.4, 0.5) is 0 Å². The van der Waals surface area contributed by atoms with Crippen LogP contribution in [-0.2, 0) is 20.7 Å². The fraction of sp³-hybridized carbons (Fsp3) is 0.238. The number of carbonyl (C=O) groups is 2. The first-order valence-corrected chi connectivity index (χ1v) is 8.28. The molecular weight excluding hydrogens is 314 g/mol. The molecule has 2 aromatic carbocycles. The van der Waals surface area contributed by atoms with Crippen LogP contribution in [0.25, 0.3) is 6.08 Å². The standard InChI is InChI=1S/C21H23NO3/c1-16-7-3-5-9-18(16)11-12-21(24)25-15-20(23)22-14-13-19-10-6-4-8-17(19)2/h3-12H,13-15H2,1-2H3,(H,22,23)/b12-11+. The lowest BCUT2D eigenvalue weighted by atomic mass is 10.1. The maximum Gasteiger partial charge on any atom is 0.331 e. The summed E-state index contributed by atoms with van der Waals surface area (Å²) in [6.07, 6.45) is 3.77. The smallest absolute Gasteiger partial charge is 0.331 e. The number of amides is 1. The van der Waals surface area contributed by atoms with Gasteiger partial charge in [0.15, 0.2) is 6.61 Å². The van der Waals surface area contributed by atoms with E-state index in [-0.39, 0.29) is 12.5 Å². The first-order chi connectivity index (χ1) is 12.1. The van der Waals surface area contributed by atoms with Crippen LogP contribution in [0.3, 0.4) is 0 Å². The van der Waals surface area contributed by atoms with E-state index in [0.717, 1.165) is 17.5 Å². The Hall–Kier alpha value is -2.88. The molecule has 4 heteroatoms. The zero-order valence-corrected chi connectivity index (χ0v) is 14.6. The summed E-state index contributed by atoms with van der Waals surface area (Å²) in [6, 6.07) is 15.8. The fourth-order valence-electron chi connectivity index (χ4n) is 2.39. The maximum absolute atomic E-state index is 11.7. The minimum Gasteiger partial charge on any atom is -0.452 e. The van der Waals surface area contributed by atoms with Crippen molar-refractivity contribution < 1.29 is 14.3 Å². The van der Waals surface area contributed by atoms with Gasteiger partial charge < -0.3 is 10.1 Å². The molecule has 0 spiro atoms. The molecule has 0 bridgehead atoms. The number of benzene rings is 2. The van der Waals surface area contributed by atoms with Crippen LogP contribution in [0.5, 0.6) is 0 Å². The van der Waals surface area contributed by atoms with Gasteiger partial charge >= 0.3 is 5.97 Å². The molecule has 0 saturated heterocycles. The van der Waals surface area contributed by atoms with Gasteiger partial charge in [0, 0.05) is 12.6 Å². The van der Waals surface area contributed by atoms with Crippen LogP contribution in [0, 0.1) is 13.8 Å². The molecule has 0 fully saturated rings. The lowest BCUT2D eigenvalue weighted by Crippen LogP contribution is -2.30. The van der Waals surface area contributed by atoms with E-state index in [0.29, 0.717) is 6.54 Å². The first kappa shape index (κ1) is 18.5. The summed E-state index contributed by atoms with van der Waals surface area (Å²) in [5.41, 5.74) is 4.41. The molecular formula is C21H23NO3. The number of esters is 1. The van der Waals surface area contributed by atoms with Gasteiger partial charge in [-0.05, 0) is 48.6 Å². The minimum atomic E-state index is -0.530. The molecule has 4 nitrogen and oxygen atoms in total. The van der Waals surface area contributed by atoms with Crippen molar-refractivity contribution in [3.05, 3.63) is 76.9 Å². The van der Waals surface area contributed by atoms with Crippen LogP contribution in [0.1, 0.15) is 22.3 Å². The van der Waals surface area contributed by atoms with Gasteiger partial charge in [-0.1, -0.05) is 48.5 Å². The summed E-state index contributed by atoms with van der Waals surface area (Å²) in [6.45, 7) is 4.25. The minimum absolute atomic E-state index is 0.273. The highest BCUT2D eigenvalue weighted by Gasteiger charge is 2.05. The fourth-order valence-corrected chi connectivity index (χ4v) is 2.39. The van der Waals surface area contributed by atoms with E-state index >= 15 is 0 Å². The number of ether oxygens (including phenoxy) is 1. The van der Waals surface area contributed by atoms with Gasteiger partial charge in [-0.15, -0.1) is 0 Å². The second-order valence-corrected chi connectivity index (χ2v) is 5.82. The number of hydrogen-bond donors (Lipinski definition) is 1. The van der Waals surface area contributed by atoms with Crippen molar-refractivity contribution in [3.63, 3.8) is 0 Å². The summed E-state index contributed by atoms with van der Waals surface area (Å²) in [5.74, 6) is -0.830. The zero-order chi connectivity index (χ0) is 18.1. The molecule has 0 saturated carbocycles. The SMILES string of the molecule is Cc1ccccc1/C=C/C(=O)OCC(=O)NCCc1ccccc1C. The molecule has 1 N–H and O–H groups in total. The number of rotatable bonds is 7. The molecule has 2 aromatic rings. The van der Waals surface area contributed by atoms with Gasteiger partial charge in [0.25, 0.3) is 5.91 Å². The number of carbonyl (C=O) groups excluding carboxylic acids is 2. The monoisotopic (exact) mass is 337 g/mol. The quantitative estimate of drug-likeness (QED) is 0.623. The van der Waals surface area contributed by atoms with Crippen molar-refractivity contribution in [1.29, 1.82) is 0 Å². The summed E-state index contributed by atoms with van der Waals surface area (Å²) < 4.78 is 4.95. The Morgan fingerprint density at radius 1 is 1.00 bits per heavy atom. The van der Waals surface area contributed by atoms with Crippen LogP contribution < -0.4 is 5.32 Å². The van der Waals surface area contributed by atoms with E-state index in [9.17, 15) is 9.59 Å². The Balaban J connectivity index is 1.70. The molecule has 0 unspecified atom stereocenters. The Labute approximate surface area is 148 Å². The van der Waals surface area contributed by atoms with Gasteiger partial charge in [-0.2, -0.15) is 0 Å². The van der Waals surface area contributed by atoms with Crippen LogP contribution >= 0.6 is 0 Å². The molecule has 0 heterocycles. The van der Waals surface area contributed by atoms with Crippen molar-refractivity contribution in [1.82, 2.24) is 5.32 Å². The van der Waals surface area contributed by atoms with Crippen molar-refractivity contribution in [2.45, 2.75) is 20.3 Å². The highest BCUT2D eigenvalue weighted by atomic mass is 16.5. The summed E-state index contributed by atoms with van der Waals surface area (Å²) in [5, 5.41) is 2.76. The largest absolute Gasteiger partial charge is 0.452 e. The number of aryl methyl sites for hydroxylation is 2. The lowest BCUT2D eigenvalue weighted by molar-refractivity contribution is -0.143. The molecule has 0 radical (unpaired) electrons. The third kappa shape index (κ3) is 6.26. The average Bonchev–Trinajstić information content (AvgIpc) is 2.61. The Morgan fingerprint density at radius 3 is 2.40 bits per heavy atom. The first-order valence-electron chi connectivity index (χ1n) is 8.28.